The molecule has 0 amide bonds. The van der Waals surface area contributed by atoms with Crippen molar-refractivity contribution in [2.24, 2.45) is 23.5 Å². The van der Waals surface area contributed by atoms with Crippen LogP contribution in [0.15, 0.2) is 22.7 Å². The minimum Gasteiger partial charge on any atom is -0.389 e. The highest BCUT2D eigenvalue weighted by molar-refractivity contribution is 9.10. The summed E-state index contributed by atoms with van der Waals surface area (Å²) in [5.74, 6) is 1.93. The molecule has 0 aromatic heterocycles. The van der Waals surface area contributed by atoms with E-state index in [0.29, 0.717) is 22.7 Å². The summed E-state index contributed by atoms with van der Waals surface area (Å²) in [6, 6.07) is 5.99. The lowest BCUT2D eigenvalue weighted by atomic mass is 9.85. The van der Waals surface area contributed by atoms with Crippen molar-refractivity contribution in [2.75, 3.05) is 11.9 Å². The van der Waals surface area contributed by atoms with E-state index in [2.05, 4.69) is 48.9 Å². The molecule has 0 heterocycles. The van der Waals surface area contributed by atoms with Crippen LogP contribution in [0.2, 0.25) is 0 Å². The largest absolute Gasteiger partial charge is 0.389 e. The second-order valence-electron chi connectivity index (χ2n) is 5.59. The number of rotatable bonds is 6. The van der Waals surface area contributed by atoms with E-state index in [1.165, 1.54) is 0 Å². The Balaban J connectivity index is 2.85. The molecular formula is C15H23BrN2S. The number of halogens is 1. The lowest BCUT2D eigenvalue weighted by Gasteiger charge is -2.26. The molecule has 2 nitrogen and oxygen atoms in total. The van der Waals surface area contributed by atoms with Crippen molar-refractivity contribution >= 4 is 38.8 Å². The van der Waals surface area contributed by atoms with Gasteiger partial charge in [0.05, 0.1) is 0 Å². The van der Waals surface area contributed by atoms with Gasteiger partial charge >= 0.3 is 0 Å². The molecule has 0 saturated heterocycles. The summed E-state index contributed by atoms with van der Waals surface area (Å²) in [5.41, 5.74) is 7.69. The van der Waals surface area contributed by atoms with Crippen molar-refractivity contribution in [2.45, 2.75) is 27.7 Å². The Morgan fingerprint density at radius 3 is 2.32 bits per heavy atom. The quantitative estimate of drug-likeness (QED) is 0.751. The summed E-state index contributed by atoms with van der Waals surface area (Å²) in [7, 11) is 0. The number of anilines is 1. The van der Waals surface area contributed by atoms with Crippen LogP contribution in [-0.2, 0) is 0 Å². The van der Waals surface area contributed by atoms with Crippen molar-refractivity contribution < 1.29 is 0 Å². The summed E-state index contributed by atoms with van der Waals surface area (Å²) >= 11 is 8.56. The van der Waals surface area contributed by atoms with Crippen LogP contribution in [0, 0.1) is 17.8 Å². The van der Waals surface area contributed by atoms with E-state index in [1.807, 2.05) is 18.2 Å². The van der Waals surface area contributed by atoms with E-state index in [1.54, 1.807) is 0 Å². The second-order valence-corrected chi connectivity index (χ2v) is 6.94. The normalized spacial score (nSPS) is 11.4. The third kappa shape index (κ3) is 4.77. The molecule has 0 radical (unpaired) electrons. The zero-order valence-corrected chi connectivity index (χ0v) is 14.4. The minimum absolute atomic E-state index is 0.425. The lowest BCUT2D eigenvalue weighted by molar-refractivity contribution is 0.304. The molecular weight excluding hydrogens is 320 g/mol. The molecule has 1 aromatic carbocycles. The lowest BCUT2D eigenvalue weighted by Crippen LogP contribution is -2.25. The maximum atomic E-state index is 5.78. The van der Waals surface area contributed by atoms with Gasteiger partial charge in [-0.15, -0.1) is 0 Å². The van der Waals surface area contributed by atoms with Gasteiger partial charge in [0, 0.05) is 22.3 Å². The van der Waals surface area contributed by atoms with Crippen LogP contribution in [0.25, 0.3) is 0 Å². The summed E-state index contributed by atoms with van der Waals surface area (Å²) in [6.45, 7) is 10.0. The first kappa shape index (κ1) is 16.4. The average Bonchev–Trinajstić information content (AvgIpc) is 2.29. The van der Waals surface area contributed by atoms with E-state index in [9.17, 15) is 0 Å². The van der Waals surface area contributed by atoms with E-state index >= 15 is 0 Å². The van der Waals surface area contributed by atoms with Crippen LogP contribution in [0.3, 0.4) is 0 Å². The predicted molar refractivity (Wildman–Crippen MR) is 91.7 cm³/mol. The van der Waals surface area contributed by atoms with E-state index < -0.39 is 0 Å². The Morgan fingerprint density at radius 1 is 1.26 bits per heavy atom. The Hall–Kier alpha value is -0.610. The number of nitrogens with one attached hydrogen (secondary N) is 1. The van der Waals surface area contributed by atoms with Crippen molar-refractivity contribution in [1.29, 1.82) is 0 Å². The van der Waals surface area contributed by atoms with Crippen LogP contribution in [0.4, 0.5) is 5.69 Å². The number of hydrogen-bond acceptors (Lipinski definition) is 2. The number of benzene rings is 1. The monoisotopic (exact) mass is 342 g/mol. The molecule has 0 aliphatic heterocycles. The van der Waals surface area contributed by atoms with Gasteiger partial charge in [0.2, 0.25) is 0 Å². The van der Waals surface area contributed by atoms with Crippen LogP contribution in [0.1, 0.15) is 33.3 Å². The number of nitrogens with two attached hydrogens (primary N) is 1. The Bertz CT molecular complexity index is 436. The summed E-state index contributed by atoms with van der Waals surface area (Å²) < 4.78 is 0.991. The van der Waals surface area contributed by atoms with Gasteiger partial charge in [-0.1, -0.05) is 55.8 Å². The van der Waals surface area contributed by atoms with E-state index in [-0.39, 0.29) is 0 Å². The minimum atomic E-state index is 0.425. The topological polar surface area (TPSA) is 38.0 Å². The van der Waals surface area contributed by atoms with Crippen LogP contribution >= 0.6 is 28.1 Å². The third-order valence-electron chi connectivity index (χ3n) is 3.49. The fourth-order valence-corrected chi connectivity index (χ4v) is 2.87. The molecule has 3 N–H and O–H groups in total. The second kappa shape index (κ2) is 7.25. The Morgan fingerprint density at radius 2 is 1.84 bits per heavy atom. The van der Waals surface area contributed by atoms with Gasteiger partial charge < -0.3 is 11.1 Å². The van der Waals surface area contributed by atoms with Crippen molar-refractivity contribution in [3.05, 3.63) is 28.2 Å². The van der Waals surface area contributed by atoms with Gasteiger partial charge in [0.25, 0.3) is 0 Å². The smallest absolute Gasteiger partial charge is 0.106 e. The first-order chi connectivity index (χ1) is 8.82. The highest BCUT2D eigenvalue weighted by Crippen LogP contribution is 2.24. The van der Waals surface area contributed by atoms with E-state index in [0.717, 1.165) is 22.3 Å². The highest BCUT2D eigenvalue weighted by Gasteiger charge is 2.17. The number of thiocarbonyl (C=S) groups is 1. The van der Waals surface area contributed by atoms with Crippen molar-refractivity contribution in [3.8, 4) is 0 Å². The first-order valence-electron chi connectivity index (χ1n) is 6.66. The molecule has 0 fully saturated rings. The summed E-state index contributed by atoms with van der Waals surface area (Å²) in [4.78, 5) is 0.425. The Kier molecular flexibility index (Phi) is 6.27. The van der Waals surface area contributed by atoms with Crippen molar-refractivity contribution in [1.82, 2.24) is 0 Å². The predicted octanol–water partition coefficient (Wildman–Crippen LogP) is 4.42. The van der Waals surface area contributed by atoms with E-state index in [4.69, 9.17) is 18.0 Å². The van der Waals surface area contributed by atoms with Gasteiger partial charge in [0.1, 0.15) is 4.99 Å². The standard InChI is InChI=1S/C15H23BrN2S/c1-9(2)13(10(3)4)8-18-14-6-5-11(16)7-12(14)15(17)19/h5-7,9-10,13,18H,8H2,1-4H3,(H2,17,19). The Labute approximate surface area is 130 Å². The molecule has 0 spiro atoms. The summed E-state index contributed by atoms with van der Waals surface area (Å²) in [5, 5.41) is 3.50. The molecule has 0 aliphatic rings. The average molecular weight is 343 g/mol. The zero-order valence-electron chi connectivity index (χ0n) is 12.0. The zero-order chi connectivity index (χ0) is 14.6. The third-order valence-corrected chi connectivity index (χ3v) is 4.20. The van der Waals surface area contributed by atoms with Crippen molar-refractivity contribution in [3.63, 3.8) is 0 Å². The van der Waals surface area contributed by atoms with Crippen LogP contribution in [-0.4, -0.2) is 11.5 Å². The van der Waals surface area contributed by atoms with Gasteiger partial charge in [-0.2, -0.15) is 0 Å². The molecule has 1 rings (SSSR count). The molecule has 106 valence electrons. The maximum absolute atomic E-state index is 5.78. The van der Waals surface area contributed by atoms with Crippen LogP contribution < -0.4 is 11.1 Å². The SMILES string of the molecule is CC(C)C(CNc1ccc(Br)cc1C(N)=S)C(C)C. The van der Waals surface area contributed by atoms with Gasteiger partial charge in [-0.05, 0) is 36.0 Å². The van der Waals surface area contributed by atoms with Gasteiger partial charge in [-0.25, -0.2) is 0 Å². The summed E-state index contributed by atoms with van der Waals surface area (Å²) in [6.07, 6.45) is 0. The molecule has 0 atom stereocenters. The van der Waals surface area contributed by atoms with Gasteiger partial charge in [-0.3, -0.25) is 0 Å². The fraction of sp³-hybridized carbons (Fsp3) is 0.533. The van der Waals surface area contributed by atoms with Gasteiger partial charge in [0.15, 0.2) is 0 Å². The van der Waals surface area contributed by atoms with Crippen LogP contribution in [0.5, 0.6) is 0 Å². The number of hydrogen-bond donors (Lipinski definition) is 2. The molecule has 19 heavy (non-hydrogen) atoms. The molecule has 4 heteroatoms. The molecule has 0 saturated carbocycles. The first-order valence-corrected chi connectivity index (χ1v) is 7.86. The maximum Gasteiger partial charge on any atom is 0.106 e. The highest BCUT2D eigenvalue weighted by atomic mass is 79.9. The fourth-order valence-electron chi connectivity index (χ4n) is 2.34. The molecule has 0 bridgehead atoms. The molecule has 0 unspecified atom stereocenters. The molecule has 0 aliphatic carbocycles. The molecule has 1 aromatic rings.